The van der Waals surface area contributed by atoms with Crippen LogP contribution in [-0.4, -0.2) is 18.6 Å². The van der Waals surface area contributed by atoms with Crippen molar-refractivity contribution in [2.24, 2.45) is 0 Å². The van der Waals surface area contributed by atoms with Gasteiger partial charge in [-0.1, -0.05) is 29.8 Å². The van der Waals surface area contributed by atoms with Crippen LogP contribution in [0.25, 0.3) is 10.9 Å². The van der Waals surface area contributed by atoms with Gasteiger partial charge < -0.3 is 15.0 Å². The third-order valence-corrected chi connectivity index (χ3v) is 4.33. The number of hydrogen-bond donors (Lipinski definition) is 2. The van der Waals surface area contributed by atoms with Crippen LogP contribution in [-0.2, 0) is 13.0 Å². The number of H-pyrrole nitrogens is 1. The molecule has 0 aliphatic rings. The molecule has 0 atom stereocenters. The number of fused-ring (bicyclic) bond motifs is 1. The summed E-state index contributed by atoms with van der Waals surface area (Å²) in [5.74, 6) is 0.943. The molecule has 2 N–H and O–H groups in total. The Morgan fingerprint density at radius 1 is 1.09 bits per heavy atom. The van der Waals surface area contributed by atoms with Gasteiger partial charge in [0.2, 0.25) is 0 Å². The van der Waals surface area contributed by atoms with Crippen LogP contribution in [0.2, 0.25) is 0 Å². The van der Waals surface area contributed by atoms with Gasteiger partial charge in [0.15, 0.2) is 0 Å². The number of hydrogen-bond acceptors (Lipinski definition) is 2. The Balaban J connectivity index is 1.65. The number of aryl methyl sites for hydroxylation is 2. The summed E-state index contributed by atoms with van der Waals surface area (Å²) in [4.78, 5) is 3.48. The summed E-state index contributed by atoms with van der Waals surface area (Å²) in [6.45, 7) is 6.07. The first-order valence-corrected chi connectivity index (χ1v) is 8.09. The molecule has 23 heavy (non-hydrogen) atoms. The molecule has 0 aliphatic heterocycles. The molecule has 0 saturated carbocycles. The SMILES string of the molecule is COc1ccccc1CNCCc1c(C)[nH]c2ccc(C)cc12. The van der Waals surface area contributed by atoms with Gasteiger partial charge in [-0.25, -0.2) is 0 Å². The predicted molar refractivity (Wildman–Crippen MR) is 96.2 cm³/mol. The topological polar surface area (TPSA) is 37.0 Å². The van der Waals surface area contributed by atoms with Gasteiger partial charge >= 0.3 is 0 Å². The van der Waals surface area contributed by atoms with Crippen molar-refractivity contribution in [3.63, 3.8) is 0 Å². The molecule has 0 spiro atoms. The zero-order valence-corrected chi connectivity index (χ0v) is 14.1. The predicted octanol–water partition coefficient (Wildman–Crippen LogP) is 4.13. The molecule has 0 aliphatic carbocycles. The molecule has 0 amide bonds. The average Bonchev–Trinajstić information content (AvgIpc) is 2.87. The van der Waals surface area contributed by atoms with Crippen molar-refractivity contribution in [3.05, 3.63) is 64.8 Å². The van der Waals surface area contributed by atoms with E-state index in [1.54, 1.807) is 7.11 Å². The molecule has 3 heteroatoms. The van der Waals surface area contributed by atoms with Gasteiger partial charge in [-0.15, -0.1) is 0 Å². The second kappa shape index (κ2) is 6.88. The Bertz CT molecular complexity index is 805. The minimum atomic E-state index is 0.824. The number of methoxy groups -OCH3 is 1. The van der Waals surface area contributed by atoms with E-state index in [-0.39, 0.29) is 0 Å². The third kappa shape index (κ3) is 3.40. The molecule has 0 bridgehead atoms. The highest BCUT2D eigenvalue weighted by Gasteiger charge is 2.08. The van der Waals surface area contributed by atoms with Crippen molar-refractivity contribution in [3.8, 4) is 5.75 Å². The molecule has 2 aromatic carbocycles. The van der Waals surface area contributed by atoms with E-state index in [9.17, 15) is 0 Å². The maximum Gasteiger partial charge on any atom is 0.123 e. The third-order valence-electron chi connectivity index (χ3n) is 4.33. The fraction of sp³-hybridized carbons (Fsp3) is 0.300. The summed E-state index contributed by atoms with van der Waals surface area (Å²) in [6.07, 6.45) is 1.02. The van der Waals surface area contributed by atoms with Crippen molar-refractivity contribution in [2.75, 3.05) is 13.7 Å². The first-order chi connectivity index (χ1) is 11.2. The Hall–Kier alpha value is -2.26. The zero-order valence-electron chi connectivity index (χ0n) is 14.1. The van der Waals surface area contributed by atoms with Crippen molar-refractivity contribution < 1.29 is 4.74 Å². The van der Waals surface area contributed by atoms with E-state index >= 15 is 0 Å². The fourth-order valence-corrected chi connectivity index (χ4v) is 3.10. The molecule has 0 unspecified atom stereocenters. The van der Waals surface area contributed by atoms with Crippen LogP contribution in [0.5, 0.6) is 5.75 Å². The second-order valence-corrected chi connectivity index (χ2v) is 6.02. The average molecular weight is 308 g/mol. The number of para-hydroxylation sites is 1. The number of ether oxygens (including phenoxy) is 1. The van der Waals surface area contributed by atoms with Crippen molar-refractivity contribution in [1.29, 1.82) is 0 Å². The van der Waals surface area contributed by atoms with Gasteiger partial charge in [0.05, 0.1) is 7.11 Å². The van der Waals surface area contributed by atoms with E-state index in [0.717, 1.165) is 25.3 Å². The fourth-order valence-electron chi connectivity index (χ4n) is 3.10. The van der Waals surface area contributed by atoms with Gasteiger partial charge in [-0.3, -0.25) is 0 Å². The van der Waals surface area contributed by atoms with E-state index in [1.807, 2.05) is 18.2 Å². The molecular formula is C20H24N2O. The number of benzene rings is 2. The van der Waals surface area contributed by atoms with Crippen LogP contribution >= 0.6 is 0 Å². The van der Waals surface area contributed by atoms with Crippen LogP contribution in [0.15, 0.2) is 42.5 Å². The van der Waals surface area contributed by atoms with E-state index < -0.39 is 0 Å². The lowest BCUT2D eigenvalue weighted by molar-refractivity contribution is 0.408. The number of aromatic amines is 1. The van der Waals surface area contributed by atoms with Crippen molar-refractivity contribution >= 4 is 10.9 Å². The molecule has 0 fully saturated rings. The maximum absolute atomic E-state index is 5.39. The number of nitrogens with one attached hydrogen (secondary N) is 2. The summed E-state index contributed by atoms with van der Waals surface area (Å²) < 4.78 is 5.39. The standard InChI is InChI=1S/C20H24N2O/c1-14-8-9-19-18(12-14)17(15(2)22-19)10-11-21-13-16-6-4-5-7-20(16)23-3/h4-9,12,21-22H,10-11,13H2,1-3H3. The largest absolute Gasteiger partial charge is 0.496 e. The van der Waals surface area contributed by atoms with Crippen LogP contribution in [0.4, 0.5) is 0 Å². The van der Waals surface area contributed by atoms with E-state index in [4.69, 9.17) is 4.74 Å². The van der Waals surface area contributed by atoms with Crippen LogP contribution in [0.1, 0.15) is 22.4 Å². The minimum absolute atomic E-state index is 0.824. The summed E-state index contributed by atoms with van der Waals surface area (Å²) in [5.41, 5.74) is 6.41. The maximum atomic E-state index is 5.39. The van der Waals surface area contributed by atoms with Gasteiger partial charge in [-0.05, 0) is 50.6 Å². The lowest BCUT2D eigenvalue weighted by atomic mass is 10.1. The van der Waals surface area contributed by atoms with Gasteiger partial charge in [0.25, 0.3) is 0 Å². The van der Waals surface area contributed by atoms with Gasteiger partial charge in [0.1, 0.15) is 5.75 Å². The molecule has 3 rings (SSSR count). The molecular weight excluding hydrogens is 284 g/mol. The van der Waals surface area contributed by atoms with Crippen LogP contribution in [0, 0.1) is 13.8 Å². The summed E-state index contributed by atoms with van der Waals surface area (Å²) >= 11 is 0. The molecule has 0 radical (unpaired) electrons. The van der Waals surface area contributed by atoms with Gasteiger partial charge in [0, 0.05) is 28.7 Å². The summed E-state index contributed by atoms with van der Waals surface area (Å²) in [5, 5.41) is 4.88. The Morgan fingerprint density at radius 2 is 1.91 bits per heavy atom. The molecule has 3 aromatic rings. The number of rotatable bonds is 6. The Morgan fingerprint density at radius 3 is 2.74 bits per heavy atom. The van der Waals surface area contributed by atoms with E-state index in [1.165, 1.54) is 33.3 Å². The summed E-state index contributed by atoms with van der Waals surface area (Å²) in [7, 11) is 1.72. The Labute approximate surface area is 137 Å². The highest BCUT2D eigenvalue weighted by atomic mass is 16.5. The van der Waals surface area contributed by atoms with E-state index in [2.05, 4.69) is 48.4 Å². The van der Waals surface area contributed by atoms with Crippen molar-refractivity contribution in [1.82, 2.24) is 10.3 Å². The highest BCUT2D eigenvalue weighted by Crippen LogP contribution is 2.23. The smallest absolute Gasteiger partial charge is 0.123 e. The first kappa shape index (κ1) is 15.6. The lowest BCUT2D eigenvalue weighted by Gasteiger charge is -2.09. The van der Waals surface area contributed by atoms with Crippen LogP contribution < -0.4 is 10.1 Å². The molecule has 0 saturated heterocycles. The molecule has 120 valence electrons. The monoisotopic (exact) mass is 308 g/mol. The van der Waals surface area contributed by atoms with E-state index in [0.29, 0.717) is 0 Å². The lowest BCUT2D eigenvalue weighted by Crippen LogP contribution is -2.17. The van der Waals surface area contributed by atoms with Crippen LogP contribution in [0.3, 0.4) is 0 Å². The molecule has 3 nitrogen and oxygen atoms in total. The normalized spacial score (nSPS) is 11.1. The van der Waals surface area contributed by atoms with Gasteiger partial charge in [-0.2, -0.15) is 0 Å². The zero-order chi connectivity index (χ0) is 16.2. The van der Waals surface area contributed by atoms with Crippen molar-refractivity contribution in [2.45, 2.75) is 26.8 Å². The molecule has 1 heterocycles. The summed E-state index contributed by atoms with van der Waals surface area (Å²) in [6, 6.07) is 14.8. The minimum Gasteiger partial charge on any atom is -0.496 e. The second-order valence-electron chi connectivity index (χ2n) is 6.02. The number of aromatic nitrogens is 1. The highest BCUT2D eigenvalue weighted by molar-refractivity contribution is 5.85. The Kier molecular flexibility index (Phi) is 4.68. The quantitative estimate of drug-likeness (QED) is 0.672. The molecule has 1 aromatic heterocycles. The first-order valence-electron chi connectivity index (χ1n) is 8.09.